The summed E-state index contributed by atoms with van der Waals surface area (Å²) >= 11 is 3.03. The molecule has 76 valence electrons. The Morgan fingerprint density at radius 1 is 1.54 bits per heavy atom. The summed E-state index contributed by atoms with van der Waals surface area (Å²) in [7, 11) is -3.33. The fourth-order valence-electron chi connectivity index (χ4n) is 1.13. The number of hydrogen-bond donors (Lipinski definition) is 0. The minimum Gasteiger partial charge on any atom is -0.297 e. The number of rotatable bonds is 4. The maximum absolute atomic E-state index is 11.6. The van der Waals surface area contributed by atoms with E-state index in [0.29, 0.717) is 0 Å². The zero-order valence-electron chi connectivity index (χ0n) is 7.71. The van der Waals surface area contributed by atoms with Crippen LogP contribution in [0.3, 0.4) is 0 Å². The molecule has 0 bridgehead atoms. The van der Waals surface area contributed by atoms with Gasteiger partial charge in [0.05, 0.1) is 0 Å². The molecule has 1 aliphatic carbocycles. The number of sulfone groups is 1. The van der Waals surface area contributed by atoms with Crippen LogP contribution in [0, 0.1) is 5.92 Å². The lowest BCUT2D eigenvalue weighted by Crippen LogP contribution is -2.39. The van der Waals surface area contributed by atoms with E-state index in [1.807, 2.05) is 0 Å². The van der Waals surface area contributed by atoms with Gasteiger partial charge >= 0.3 is 0 Å². The highest BCUT2D eigenvalue weighted by Crippen LogP contribution is 2.39. The summed E-state index contributed by atoms with van der Waals surface area (Å²) in [5, 5.41) is 0. The minimum absolute atomic E-state index is 0.00674. The smallest absolute Gasteiger partial charge is 0.182 e. The molecule has 0 radical (unpaired) electrons. The van der Waals surface area contributed by atoms with Crippen molar-refractivity contribution in [2.45, 2.75) is 30.3 Å². The first-order chi connectivity index (χ1) is 5.83. The Labute approximate surface area is 86.9 Å². The van der Waals surface area contributed by atoms with Gasteiger partial charge in [-0.25, -0.2) is 8.42 Å². The average Bonchev–Trinajstić information content (AvgIpc) is 2.85. The first-order valence-corrected chi connectivity index (χ1v) is 6.73. The fourth-order valence-corrected chi connectivity index (χ4v) is 3.16. The van der Waals surface area contributed by atoms with Crippen molar-refractivity contribution >= 4 is 31.6 Å². The predicted octanol–water partition coefficient (Wildman–Crippen LogP) is 1.51. The van der Waals surface area contributed by atoms with Gasteiger partial charge in [0.1, 0.15) is 0 Å². The SMILES string of the molecule is CCS(=O)(=O)[C@@](C)(Br)C(=O)C1CC1. The number of carbonyl (C=O) groups is 1. The highest BCUT2D eigenvalue weighted by molar-refractivity contribution is 9.12. The topological polar surface area (TPSA) is 51.2 Å². The van der Waals surface area contributed by atoms with Crippen LogP contribution in [-0.2, 0) is 14.6 Å². The third kappa shape index (κ3) is 1.96. The first kappa shape index (κ1) is 11.2. The maximum Gasteiger partial charge on any atom is 0.182 e. The van der Waals surface area contributed by atoms with Crippen molar-refractivity contribution in [2.24, 2.45) is 5.92 Å². The van der Waals surface area contributed by atoms with E-state index < -0.39 is 13.5 Å². The Morgan fingerprint density at radius 2 is 2.00 bits per heavy atom. The van der Waals surface area contributed by atoms with Gasteiger partial charge in [-0.05, 0) is 19.8 Å². The second-order valence-electron chi connectivity index (χ2n) is 3.46. The molecular formula is C8H13BrO3S. The van der Waals surface area contributed by atoms with Crippen LogP contribution in [0.4, 0.5) is 0 Å². The zero-order chi connectivity index (χ0) is 10.3. The molecule has 0 aromatic rings. The summed E-state index contributed by atoms with van der Waals surface area (Å²) in [5.41, 5.74) is 0. The van der Waals surface area contributed by atoms with Crippen LogP contribution in [0.5, 0.6) is 0 Å². The van der Waals surface area contributed by atoms with Crippen LogP contribution in [0.15, 0.2) is 0 Å². The largest absolute Gasteiger partial charge is 0.297 e. The quantitative estimate of drug-likeness (QED) is 0.727. The molecule has 0 amide bonds. The molecule has 0 aliphatic heterocycles. The summed E-state index contributed by atoms with van der Waals surface area (Å²) in [6.45, 7) is 2.99. The van der Waals surface area contributed by atoms with Gasteiger partial charge in [0.15, 0.2) is 19.3 Å². The van der Waals surface area contributed by atoms with Crippen molar-refractivity contribution in [3.63, 3.8) is 0 Å². The Bertz CT molecular complexity index is 314. The maximum atomic E-state index is 11.6. The summed E-state index contributed by atoms with van der Waals surface area (Å²) in [6.07, 6.45) is 1.67. The first-order valence-electron chi connectivity index (χ1n) is 4.28. The van der Waals surface area contributed by atoms with Crippen LogP contribution in [0.1, 0.15) is 26.7 Å². The van der Waals surface area contributed by atoms with E-state index in [2.05, 4.69) is 15.9 Å². The number of halogens is 1. The summed E-state index contributed by atoms with van der Waals surface area (Å²) in [5.74, 6) is -0.229. The Hall–Kier alpha value is 0.1000. The van der Waals surface area contributed by atoms with Crippen molar-refractivity contribution in [1.82, 2.24) is 0 Å². The van der Waals surface area contributed by atoms with Gasteiger partial charge in [-0.3, -0.25) is 4.79 Å². The molecule has 1 aliphatic rings. The number of ketones is 1. The number of alkyl halides is 1. The Morgan fingerprint density at radius 3 is 2.31 bits per heavy atom. The molecular weight excluding hydrogens is 256 g/mol. The van der Waals surface area contributed by atoms with Gasteiger partial charge in [0, 0.05) is 11.7 Å². The molecule has 0 unspecified atom stereocenters. The lowest BCUT2D eigenvalue weighted by atomic mass is 10.2. The van der Waals surface area contributed by atoms with Gasteiger partial charge in [-0.15, -0.1) is 0 Å². The molecule has 1 fully saturated rings. The molecule has 13 heavy (non-hydrogen) atoms. The predicted molar refractivity (Wildman–Crippen MR) is 54.5 cm³/mol. The monoisotopic (exact) mass is 268 g/mol. The van der Waals surface area contributed by atoms with Gasteiger partial charge in [-0.1, -0.05) is 22.9 Å². The molecule has 0 saturated heterocycles. The second kappa shape index (κ2) is 3.35. The Balaban J connectivity index is 2.92. The van der Waals surface area contributed by atoms with Gasteiger partial charge in [-0.2, -0.15) is 0 Å². The minimum atomic E-state index is -3.33. The summed E-state index contributed by atoms with van der Waals surface area (Å²) in [6, 6.07) is 0. The summed E-state index contributed by atoms with van der Waals surface area (Å²) < 4.78 is 21.7. The average molecular weight is 269 g/mol. The molecule has 1 saturated carbocycles. The molecule has 3 nitrogen and oxygen atoms in total. The third-order valence-corrected chi connectivity index (χ3v) is 6.35. The molecule has 0 N–H and O–H groups in total. The van der Waals surface area contributed by atoms with Crippen LogP contribution in [0.2, 0.25) is 0 Å². The highest BCUT2D eigenvalue weighted by Gasteiger charge is 2.48. The summed E-state index contributed by atoms with van der Waals surface area (Å²) in [4.78, 5) is 11.6. The van der Waals surface area contributed by atoms with E-state index in [1.54, 1.807) is 6.92 Å². The van der Waals surface area contributed by atoms with Crippen LogP contribution in [0.25, 0.3) is 0 Å². The molecule has 0 aromatic heterocycles. The lowest BCUT2D eigenvalue weighted by Gasteiger charge is -2.20. The van der Waals surface area contributed by atoms with Crippen molar-refractivity contribution < 1.29 is 13.2 Å². The molecule has 0 heterocycles. The van der Waals surface area contributed by atoms with Crippen LogP contribution < -0.4 is 0 Å². The Kier molecular flexibility index (Phi) is 2.88. The normalized spacial score (nSPS) is 22.4. The molecule has 5 heteroatoms. The van der Waals surface area contributed by atoms with Gasteiger partial charge in [0.2, 0.25) is 0 Å². The number of Topliss-reactive ketones (excluding diaryl/α,β-unsaturated/α-hetero) is 1. The molecule has 1 atom stereocenters. The van der Waals surface area contributed by atoms with Crippen molar-refractivity contribution in [2.75, 3.05) is 5.75 Å². The lowest BCUT2D eigenvalue weighted by molar-refractivity contribution is -0.120. The highest BCUT2D eigenvalue weighted by atomic mass is 79.9. The number of carbonyl (C=O) groups excluding carboxylic acids is 1. The fraction of sp³-hybridized carbons (Fsp3) is 0.875. The zero-order valence-corrected chi connectivity index (χ0v) is 10.1. The standard InChI is InChI=1S/C8H13BrO3S/c1-3-13(11,12)8(2,9)7(10)6-4-5-6/h6H,3-5H2,1-2H3/t8-/m1/s1. The van der Waals surface area contributed by atoms with Gasteiger partial charge < -0.3 is 0 Å². The van der Waals surface area contributed by atoms with E-state index in [4.69, 9.17) is 0 Å². The van der Waals surface area contributed by atoms with E-state index in [9.17, 15) is 13.2 Å². The van der Waals surface area contributed by atoms with Crippen molar-refractivity contribution in [3.05, 3.63) is 0 Å². The van der Waals surface area contributed by atoms with Crippen LogP contribution in [-0.4, -0.2) is 23.6 Å². The molecule has 1 rings (SSSR count). The van der Waals surface area contributed by atoms with Crippen molar-refractivity contribution in [3.8, 4) is 0 Å². The third-order valence-electron chi connectivity index (χ3n) is 2.35. The van der Waals surface area contributed by atoms with Crippen LogP contribution >= 0.6 is 15.9 Å². The van der Waals surface area contributed by atoms with E-state index in [1.165, 1.54) is 6.92 Å². The molecule has 0 aromatic carbocycles. The van der Waals surface area contributed by atoms with Gasteiger partial charge in [0.25, 0.3) is 0 Å². The van der Waals surface area contributed by atoms with E-state index in [0.717, 1.165) is 12.8 Å². The second-order valence-corrected chi connectivity index (χ2v) is 8.19. The van der Waals surface area contributed by atoms with E-state index >= 15 is 0 Å². The molecule has 0 spiro atoms. The van der Waals surface area contributed by atoms with E-state index in [-0.39, 0.29) is 17.5 Å². The number of hydrogen-bond acceptors (Lipinski definition) is 3. The van der Waals surface area contributed by atoms with Crippen molar-refractivity contribution in [1.29, 1.82) is 0 Å².